The summed E-state index contributed by atoms with van der Waals surface area (Å²) in [6, 6.07) is -2.43. The van der Waals surface area contributed by atoms with Gasteiger partial charge < -0.3 is 25.0 Å². The third-order valence-electron chi connectivity index (χ3n) is 5.26. The molecule has 3 aliphatic heterocycles. The number of urea groups is 1. The summed E-state index contributed by atoms with van der Waals surface area (Å²) in [5, 5.41) is 5.67. The van der Waals surface area contributed by atoms with Gasteiger partial charge in [0.2, 0.25) is 5.91 Å². The van der Waals surface area contributed by atoms with E-state index in [1.165, 1.54) is 6.92 Å². The Balaban J connectivity index is 1.66. The number of carbonyl (C=O) groups excluding carboxylic acids is 2. The lowest BCUT2D eigenvalue weighted by atomic mass is 9.92. The number of amides is 3. The molecule has 5 atom stereocenters. The average molecular weight is 379 g/mol. The molecule has 3 rings (SSSR count). The number of carbonyl (C=O) groups is 2. The predicted octanol–water partition coefficient (Wildman–Crippen LogP) is 1.17. The van der Waals surface area contributed by atoms with Crippen LogP contribution in [0.3, 0.4) is 0 Å². The zero-order valence-corrected chi connectivity index (χ0v) is 14.6. The normalized spacial score (nSPS) is 35.9. The van der Waals surface area contributed by atoms with Crippen molar-refractivity contribution in [3.8, 4) is 0 Å². The molecular weight excluding hydrogens is 355 g/mol. The van der Waals surface area contributed by atoms with E-state index in [1.54, 1.807) is 0 Å². The highest BCUT2D eigenvalue weighted by atomic mass is 19.4. The fourth-order valence-corrected chi connectivity index (χ4v) is 3.90. The number of hydrogen-bond donors (Lipinski definition) is 2. The molecule has 3 aliphatic rings. The van der Waals surface area contributed by atoms with E-state index < -0.39 is 24.4 Å². The van der Waals surface area contributed by atoms with Crippen LogP contribution in [0, 0.1) is 0 Å². The van der Waals surface area contributed by atoms with Crippen LogP contribution >= 0.6 is 0 Å². The Morgan fingerprint density at radius 3 is 2.69 bits per heavy atom. The first-order chi connectivity index (χ1) is 12.3. The van der Waals surface area contributed by atoms with E-state index in [4.69, 9.17) is 9.47 Å². The number of piperidine rings is 1. The molecule has 0 spiro atoms. The standard InChI is InChI=1S/C16H24F3N3O4/c1-9-14(16(17,18)19)26-8-6-22(9)15(24)20-10-4-5-12(23)21-13(10)11-3-2-7-25-11/h9-11,13-14H,2-8H2,1H3,(H,20,24)(H,21,23)/t9-,10?,11?,13?,14-/m1/s1. The van der Waals surface area contributed by atoms with Crippen LogP contribution in [0.15, 0.2) is 0 Å². The Bertz CT molecular complexity index is 539. The van der Waals surface area contributed by atoms with E-state index in [0.29, 0.717) is 13.0 Å². The van der Waals surface area contributed by atoms with E-state index in [-0.39, 0.29) is 43.7 Å². The lowest BCUT2D eigenvalue weighted by molar-refractivity contribution is -0.246. The summed E-state index contributed by atoms with van der Waals surface area (Å²) in [6.07, 6.45) is -4.36. The molecule has 0 aliphatic carbocycles. The zero-order chi connectivity index (χ0) is 18.9. The van der Waals surface area contributed by atoms with Gasteiger partial charge in [0.15, 0.2) is 6.10 Å². The van der Waals surface area contributed by atoms with Crippen LogP contribution in [0.5, 0.6) is 0 Å². The summed E-state index contributed by atoms with van der Waals surface area (Å²) in [4.78, 5) is 25.5. The summed E-state index contributed by atoms with van der Waals surface area (Å²) < 4.78 is 49.6. The van der Waals surface area contributed by atoms with Crippen molar-refractivity contribution in [1.82, 2.24) is 15.5 Å². The monoisotopic (exact) mass is 379 g/mol. The van der Waals surface area contributed by atoms with Gasteiger partial charge in [-0.05, 0) is 26.2 Å². The highest BCUT2D eigenvalue weighted by Crippen LogP contribution is 2.30. The number of ether oxygens (including phenoxy) is 2. The van der Waals surface area contributed by atoms with Crippen LogP contribution in [0.25, 0.3) is 0 Å². The van der Waals surface area contributed by atoms with E-state index in [9.17, 15) is 22.8 Å². The molecule has 0 saturated carbocycles. The summed E-state index contributed by atoms with van der Waals surface area (Å²) in [7, 11) is 0. The number of halogens is 3. The van der Waals surface area contributed by atoms with Crippen LogP contribution in [-0.4, -0.2) is 73.1 Å². The van der Waals surface area contributed by atoms with Gasteiger partial charge in [0.05, 0.1) is 30.8 Å². The van der Waals surface area contributed by atoms with Gasteiger partial charge in [0.25, 0.3) is 0 Å². The SMILES string of the molecule is C[C@@H]1[C@H](C(F)(F)F)OCCN1C(=O)NC1CCC(=O)NC1C1CCCO1. The van der Waals surface area contributed by atoms with E-state index in [0.717, 1.165) is 17.7 Å². The molecule has 3 amide bonds. The van der Waals surface area contributed by atoms with Crippen molar-refractivity contribution in [1.29, 1.82) is 0 Å². The van der Waals surface area contributed by atoms with Crippen molar-refractivity contribution < 1.29 is 32.2 Å². The summed E-state index contributed by atoms with van der Waals surface area (Å²) in [5.74, 6) is -0.104. The lowest BCUT2D eigenvalue weighted by Crippen LogP contribution is -2.64. The van der Waals surface area contributed by atoms with Crippen molar-refractivity contribution in [2.75, 3.05) is 19.8 Å². The fraction of sp³-hybridized carbons (Fsp3) is 0.875. The topological polar surface area (TPSA) is 79.9 Å². The van der Waals surface area contributed by atoms with Crippen molar-refractivity contribution in [3.05, 3.63) is 0 Å². The summed E-state index contributed by atoms with van der Waals surface area (Å²) in [6.45, 7) is 1.85. The van der Waals surface area contributed by atoms with Gasteiger partial charge in [0, 0.05) is 19.6 Å². The van der Waals surface area contributed by atoms with E-state index in [2.05, 4.69) is 10.6 Å². The predicted molar refractivity (Wildman–Crippen MR) is 84.4 cm³/mol. The minimum absolute atomic E-state index is 0.0866. The first-order valence-corrected chi connectivity index (χ1v) is 8.94. The second kappa shape index (κ2) is 7.59. The first-order valence-electron chi connectivity index (χ1n) is 8.94. The molecule has 0 aromatic heterocycles. The molecule has 3 heterocycles. The number of hydrogen-bond acceptors (Lipinski definition) is 4. The van der Waals surface area contributed by atoms with Crippen molar-refractivity contribution in [2.45, 2.75) is 69.1 Å². The Morgan fingerprint density at radius 1 is 1.27 bits per heavy atom. The molecule has 148 valence electrons. The molecule has 3 saturated heterocycles. The van der Waals surface area contributed by atoms with Gasteiger partial charge in [-0.1, -0.05) is 0 Å². The smallest absolute Gasteiger partial charge is 0.376 e. The molecule has 2 N–H and O–H groups in total. The molecule has 7 nitrogen and oxygen atoms in total. The van der Waals surface area contributed by atoms with Crippen molar-refractivity contribution in [3.63, 3.8) is 0 Å². The molecule has 10 heteroatoms. The van der Waals surface area contributed by atoms with Gasteiger partial charge in [0.1, 0.15) is 0 Å². The molecule has 0 aromatic rings. The largest absolute Gasteiger partial charge is 0.416 e. The van der Waals surface area contributed by atoms with Gasteiger partial charge >= 0.3 is 12.2 Å². The minimum Gasteiger partial charge on any atom is -0.376 e. The Hall–Kier alpha value is -1.55. The summed E-state index contributed by atoms with van der Waals surface area (Å²) >= 11 is 0. The fourth-order valence-electron chi connectivity index (χ4n) is 3.90. The first kappa shape index (κ1) is 19.2. The van der Waals surface area contributed by atoms with Gasteiger partial charge in [-0.3, -0.25) is 4.79 Å². The molecule has 3 unspecified atom stereocenters. The molecule has 0 bridgehead atoms. The maximum absolute atomic E-state index is 13.0. The number of morpholine rings is 1. The van der Waals surface area contributed by atoms with Crippen molar-refractivity contribution in [2.24, 2.45) is 0 Å². The third-order valence-corrected chi connectivity index (χ3v) is 5.26. The maximum Gasteiger partial charge on any atom is 0.416 e. The van der Waals surface area contributed by atoms with Gasteiger partial charge in [-0.25, -0.2) is 4.79 Å². The van der Waals surface area contributed by atoms with Crippen LogP contribution in [0.2, 0.25) is 0 Å². The Morgan fingerprint density at radius 2 is 2.04 bits per heavy atom. The molecular formula is C16H24F3N3O4. The van der Waals surface area contributed by atoms with Crippen LogP contribution in [0.1, 0.15) is 32.6 Å². The molecule has 3 fully saturated rings. The van der Waals surface area contributed by atoms with Crippen molar-refractivity contribution >= 4 is 11.9 Å². The lowest BCUT2D eigenvalue weighted by Gasteiger charge is -2.42. The van der Waals surface area contributed by atoms with Gasteiger partial charge in [-0.2, -0.15) is 13.2 Å². The molecule has 0 aromatic carbocycles. The quantitative estimate of drug-likeness (QED) is 0.755. The van der Waals surface area contributed by atoms with Crippen LogP contribution in [-0.2, 0) is 14.3 Å². The summed E-state index contributed by atoms with van der Waals surface area (Å²) in [5.41, 5.74) is 0. The van der Waals surface area contributed by atoms with E-state index in [1.807, 2.05) is 0 Å². The number of nitrogens with zero attached hydrogens (tertiary/aromatic N) is 1. The highest BCUT2D eigenvalue weighted by molar-refractivity contribution is 5.79. The highest BCUT2D eigenvalue weighted by Gasteiger charge is 2.49. The number of nitrogens with one attached hydrogen (secondary N) is 2. The average Bonchev–Trinajstić information content (AvgIpc) is 3.09. The number of alkyl halides is 3. The second-order valence-electron chi connectivity index (χ2n) is 7.01. The zero-order valence-electron chi connectivity index (χ0n) is 14.6. The molecule has 26 heavy (non-hydrogen) atoms. The third kappa shape index (κ3) is 4.06. The maximum atomic E-state index is 13.0. The Labute approximate surface area is 149 Å². The van der Waals surface area contributed by atoms with Gasteiger partial charge in [-0.15, -0.1) is 0 Å². The van der Waals surface area contributed by atoms with Crippen LogP contribution in [0.4, 0.5) is 18.0 Å². The number of rotatable bonds is 2. The van der Waals surface area contributed by atoms with E-state index >= 15 is 0 Å². The molecule has 0 radical (unpaired) electrons. The second-order valence-corrected chi connectivity index (χ2v) is 7.01. The Kier molecular flexibility index (Phi) is 5.61. The minimum atomic E-state index is -4.53. The van der Waals surface area contributed by atoms with Crippen LogP contribution < -0.4 is 10.6 Å².